The minimum atomic E-state index is -0.884. The highest BCUT2D eigenvalue weighted by Gasteiger charge is 2.40. The van der Waals surface area contributed by atoms with Gasteiger partial charge in [0, 0.05) is 0 Å². The van der Waals surface area contributed by atoms with Crippen LogP contribution in [0.15, 0.2) is 77.4 Å². The summed E-state index contributed by atoms with van der Waals surface area (Å²) >= 11 is 0. The number of nitrogens with one attached hydrogen (secondary N) is 1. The molecule has 2 aromatic rings. The molecule has 144 valence electrons. The van der Waals surface area contributed by atoms with E-state index in [0.717, 1.165) is 4.90 Å². The minimum Gasteiger partial charge on any atom is -0.273 e. The van der Waals surface area contributed by atoms with E-state index in [-0.39, 0.29) is 11.5 Å². The van der Waals surface area contributed by atoms with Gasteiger partial charge >= 0.3 is 6.03 Å². The van der Waals surface area contributed by atoms with Crippen LogP contribution in [0.1, 0.15) is 6.92 Å². The van der Waals surface area contributed by atoms with Crippen molar-refractivity contribution in [1.82, 2.24) is 5.32 Å². The van der Waals surface area contributed by atoms with Gasteiger partial charge in [-0.3, -0.25) is 19.7 Å². The van der Waals surface area contributed by atoms with Crippen LogP contribution in [0.3, 0.4) is 0 Å². The zero-order chi connectivity index (χ0) is 20.5. The molecule has 2 aliphatic heterocycles. The summed E-state index contributed by atoms with van der Waals surface area (Å²) in [5.41, 5.74) is 1.06. The second kappa shape index (κ2) is 7.16. The number of anilines is 2. The summed E-state index contributed by atoms with van der Waals surface area (Å²) in [6.45, 7) is 1.65. The SMILES string of the molecule is CC1=NN(c2ccccc2)C(=O)[C@H]1/C=C1/C(=O)NC(=O)N(c2ccccc2)C1=O. The molecular formula is C21H16N4O4. The maximum Gasteiger partial charge on any atom is 0.335 e. The van der Waals surface area contributed by atoms with Crippen molar-refractivity contribution in [3.63, 3.8) is 0 Å². The number of nitrogens with zero attached hydrogens (tertiary/aromatic N) is 3. The Hall–Kier alpha value is -4.07. The zero-order valence-electron chi connectivity index (χ0n) is 15.4. The molecule has 1 saturated heterocycles. The lowest BCUT2D eigenvalue weighted by atomic mass is 9.98. The van der Waals surface area contributed by atoms with Crippen molar-refractivity contribution in [2.75, 3.05) is 9.91 Å². The normalized spacial score (nSPS) is 20.9. The number of hydrazone groups is 1. The highest BCUT2D eigenvalue weighted by molar-refractivity contribution is 6.38. The molecule has 29 heavy (non-hydrogen) atoms. The van der Waals surface area contributed by atoms with Gasteiger partial charge in [-0.2, -0.15) is 10.1 Å². The zero-order valence-corrected chi connectivity index (χ0v) is 15.4. The molecule has 1 N–H and O–H groups in total. The third-order valence-corrected chi connectivity index (χ3v) is 4.63. The highest BCUT2D eigenvalue weighted by Crippen LogP contribution is 2.27. The van der Waals surface area contributed by atoms with Crippen LogP contribution < -0.4 is 15.2 Å². The Morgan fingerprint density at radius 3 is 2.10 bits per heavy atom. The van der Waals surface area contributed by atoms with Crippen LogP contribution in [0.5, 0.6) is 0 Å². The molecule has 0 aliphatic carbocycles. The Kier molecular flexibility index (Phi) is 4.52. The lowest BCUT2D eigenvalue weighted by Gasteiger charge is -2.26. The van der Waals surface area contributed by atoms with E-state index in [1.807, 2.05) is 6.07 Å². The Labute approximate surface area is 166 Å². The number of para-hydroxylation sites is 2. The van der Waals surface area contributed by atoms with Gasteiger partial charge in [-0.05, 0) is 37.3 Å². The summed E-state index contributed by atoms with van der Waals surface area (Å²) in [4.78, 5) is 51.2. The maximum atomic E-state index is 12.9. The number of carbonyl (C=O) groups is 4. The quantitative estimate of drug-likeness (QED) is 0.644. The summed E-state index contributed by atoms with van der Waals surface area (Å²) in [7, 11) is 0. The molecule has 8 heteroatoms. The number of urea groups is 1. The number of barbiturate groups is 1. The van der Waals surface area contributed by atoms with E-state index in [4.69, 9.17) is 0 Å². The summed E-state index contributed by atoms with van der Waals surface area (Å²) in [5, 5.41) is 7.65. The Bertz CT molecular complexity index is 1080. The average Bonchev–Trinajstić information content (AvgIpc) is 3.00. The van der Waals surface area contributed by atoms with Crippen molar-refractivity contribution in [3.8, 4) is 0 Å². The number of rotatable bonds is 3. The summed E-state index contributed by atoms with van der Waals surface area (Å²) < 4.78 is 0. The van der Waals surface area contributed by atoms with E-state index in [1.54, 1.807) is 61.5 Å². The van der Waals surface area contributed by atoms with Crippen LogP contribution >= 0.6 is 0 Å². The number of benzene rings is 2. The minimum absolute atomic E-state index is 0.281. The third kappa shape index (κ3) is 3.20. The molecule has 0 unspecified atom stereocenters. The molecule has 2 aliphatic rings. The molecule has 2 aromatic carbocycles. The van der Waals surface area contributed by atoms with Crippen molar-refractivity contribution >= 4 is 40.8 Å². The van der Waals surface area contributed by atoms with Crippen LogP contribution in [0.2, 0.25) is 0 Å². The predicted molar refractivity (Wildman–Crippen MR) is 106 cm³/mol. The first-order valence-corrected chi connectivity index (χ1v) is 8.88. The monoisotopic (exact) mass is 388 g/mol. The van der Waals surface area contributed by atoms with Crippen molar-refractivity contribution in [2.45, 2.75) is 6.92 Å². The van der Waals surface area contributed by atoms with Crippen LogP contribution in [-0.4, -0.2) is 29.5 Å². The molecule has 4 rings (SSSR count). The van der Waals surface area contributed by atoms with Gasteiger partial charge in [0.1, 0.15) is 5.57 Å². The van der Waals surface area contributed by atoms with E-state index >= 15 is 0 Å². The number of amides is 5. The van der Waals surface area contributed by atoms with Gasteiger partial charge < -0.3 is 0 Å². The van der Waals surface area contributed by atoms with E-state index in [2.05, 4.69) is 10.4 Å². The molecule has 2 heterocycles. The maximum absolute atomic E-state index is 12.9. The molecule has 8 nitrogen and oxygen atoms in total. The largest absolute Gasteiger partial charge is 0.335 e. The van der Waals surface area contributed by atoms with Gasteiger partial charge in [0.2, 0.25) is 0 Å². The van der Waals surface area contributed by atoms with E-state index in [9.17, 15) is 19.2 Å². The average molecular weight is 388 g/mol. The van der Waals surface area contributed by atoms with Crippen LogP contribution in [-0.2, 0) is 14.4 Å². The number of hydrogen-bond acceptors (Lipinski definition) is 5. The second-order valence-electron chi connectivity index (χ2n) is 6.52. The molecular weight excluding hydrogens is 372 g/mol. The fourth-order valence-corrected chi connectivity index (χ4v) is 3.18. The molecule has 1 atom stereocenters. The molecule has 0 bridgehead atoms. The molecule has 1 fully saturated rings. The van der Waals surface area contributed by atoms with Gasteiger partial charge in [0.05, 0.1) is 23.0 Å². The fourth-order valence-electron chi connectivity index (χ4n) is 3.18. The topological polar surface area (TPSA) is 99.2 Å². The smallest absolute Gasteiger partial charge is 0.273 e. The van der Waals surface area contributed by atoms with Crippen LogP contribution in [0.25, 0.3) is 0 Å². The molecule has 0 saturated carbocycles. The lowest BCUT2D eigenvalue weighted by Crippen LogP contribution is -2.54. The number of hydrogen-bond donors (Lipinski definition) is 1. The van der Waals surface area contributed by atoms with E-state index < -0.39 is 23.8 Å². The van der Waals surface area contributed by atoms with E-state index in [0.29, 0.717) is 17.1 Å². The third-order valence-electron chi connectivity index (χ3n) is 4.63. The summed E-state index contributed by atoms with van der Waals surface area (Å²) in [6, 6.07) is 16.3. The first-order valence-electron chi connectivity index (χ1n) is 8.88. The van der Waals surface area contributed by atoms with E-state index in [1.165, 1.54) is 11.1 Å². The Morgan fingerprint density at radius 1 is 0.897 bits per heavy atom. The van der Waals surface area contributed by atoms with Gasteiger partial charge in [-0.25, -0.2) is 9.69 Å². The summed E-state index contributed by atoms with van der Waals surface area (Å²) in [5.74, 6) is -2.90. The van der Waals surface area contributed by atoms with Crippen molar-refractivity contribution in [1.29, 1.82) is 0 Å². The van der Waals surface area contributed by atoms with Crippen LogP contribution in [0, 0.1) is 5.92 Å². The van der Waals surface area contributed by atoms with Gasteiger partial charge in [0.25, 0.3) is 17.7 Å². The first-order chi connectivity index (χ1) is 14.0. The fraction of sp³-hybridized carbons (Fsp3) is 0.0952. The lowest BCUT2D eigenvalue weighted by molar-refractivity contribution is -0.122. The van der Waals surface area contributed by atoms with Gasteiger partial charge in [-0.1, -0.05) is 36.4 Å². The Morgan fingerprint density at radius 2 is 1.48 bits per heavy atom. The van der Waals surface area contributed by atoms with Gasteiger partial charge in [-0.15, -0.1) is 0 Å². The molecule has 5 amide bonds. The summed E-state index contributed by atoms with van der Waals surface area (Å²) in [6.07, 6.45) is 1.27. The number of imide groups is 2. The van der Waals surface area contributed by atoms with Crippen molar-refractivity contribution in [3.05, 3.63) is 72.3 Å². The molecule has 0 radical (unpaired) electrons. The molecule has 0 aromatic heterocycles. The highest BCUT2D eigenvalue weighted by atomic mass is 16.2. The van der Waals surface area contributed by atoms with Crippen molar-refractivity contribution < 1.29 is 19.2 Å². The number of carbonyl (C=O) groups excluding carboxylic acids is 4. The second-order valence-corrected chi connectivity index (χ2v) is 6.52. The standard InChI is InChI=1S/C21H16N4O4/c1-13-16(20(28)25(23-13)15-10-6-3-7-11-15)12-17-18(26)22-21(29)24(19(17)27)14-8-4-2-5-9-14/h2-12,16H,1H3,(H,22,26,29)/b17-12-/t16-/m0/s1. The first kappa shape index (κ1) is 18.3. The Balaban J connectivity index is 1.67. The molecule has 0 spiro atoms. The van der Waals surface area contributed by atoms with Gasteiger partial charge in [0.15, 0.2) is 0 Å². The predicted octanol–water partition coefficient (Wildman–Crippen LogP) is 2.23. The van der Waals surface area contributed by atoms with Crippen LogP contribution in [0.4, 0.5) is 16.2 Å². The van der Waals surface area contributed by atoms with Crippen molar-refractivity contribution in [2.24, 2.45) is 11.0 Å².